The largest absolute Gasteiger partial charge is 0.359 e. The summed E-state index contributed by atoms with van der Waals surface area (Å²) in [6.45, 7) is 5.32. The Labute approximate surface area is 114 Å². The summed E-state index contributed by atoms with van der Waals surface area (Å²) < 4.78 is 0. The molecule has 3 nitrogen and oxygen atoms in total. The third kappa shape index (κ3) is 3.03. The molecule has 98 valence electrons. The molecule has 0 unspecified atom stereocenters. The number of nitrogens with zero attached hydrogens (tertiary/aromatic N) is 3. The van der Waals surface area contributed by atoms with Crippen LogP contribution in [0.3, 0.4) is 0 Å². The van der Waals surface area contributed by atoms with Crippen molar-refractivity contribution in [3.05, 3.63) is 35.9 Å². The summed E-state index contributed by atoms with van der Waals surface area (Å²) in [4.78, 5) is 6.70. The van der Waals surface area contributed by atoms with Gasteiger partial charge in [0.15, 0.2) is 0 Å². The minimum absolute atomic E-state index is 0.643. The van der Waals surface area contributed by atoms with E-state index in [1.807, 2.05) is 37.4 Å². The smallest absolute Gasteiger partial charge is 0.146 e. The number of benzene rings is 1. The van der Waals surface area contributed by atoms with Crippen molar-refractivity contribution in [1.82, 2.24) is 4.98 Å². The van der Waals surface area contributed by atoms with Gasteiger partial charge in [-0.1, -0.05) is 32.0 Å². The molecule has 0 fully saturated rings. The van der Waals surface area contributed by atoms with E-state index in [9.17, 15) is 5.26 Å². The van der Waals surface area contributed by atoms with Crippen molar-refractivity contribution >= 4 is 16.7 Å². The maximum Gasteiger partial charge on any atom is 0.146 e. The van der Waals surface area contributed by atoms with E-state index >= 15 is 0 Å². The van der Waals surface area contributed by atoms with Gasteiger partial charge in [-0.2, -0.15) is 5.26 Å². The second-order valence-corrected chi connectivity index (χ2v) is 5.27. The van der Waals surface area contributed by atoms with Gasteiger partial charge in [0.05, 0.1) is 11.1 Å². The summed E-state index contributed by atoms with van der Waals surface area (Å²) in [5, 5.41) is 10.3. The Hall–Kier alpha value is -2.08. The summed E-state index contributed by atoms with van der Waals surface area (Å²) in [6.07, 6.45) is 1.09. The van der Waals surface area contributed by atoms with Crippen molar-refractivity contribution in [2.75, 3.05) is 18.5 Å². The minimum Gasteiger partial charge on any atom is -0.359 e. The molecule has 0 bridgehead atoms. The van der Waals surface area contributed by atoms with Crippen LogP contribution in [0, 0.1) is 17.2 Å². The Kier molecular flexibility index (Phi) is 4.01. The van der Waals surface area contributed by atoms with Crippen LogP contribution in [-0.4, -0.2) is 18.6 Å². The molecule has 0 saturated heterocycles. The van der Waals surface area contributed by atoms with E-state index in [0.29, 0.717) is 11.5 Å². The SMILES string of the molecule is CC(C)CCN(C)c1nc2ccccc2cc1C#N. The van der Waals surface area contributed by atoms with Crippen molar-refractivity contribution in [3.63, 3.8) is 0 Å². The first-order chi connectivity index (χ1) is 9.11. The number of hydrogen-bond donors (Lipinski definition) is 0. The number of rotatable bonds is 4. The molecule has 1 aromatic heterocycles. The van der Waals surface area contributed by atoms with Gasteiger partial charge in [0.2, 0.25) is 0 Å². The summed E-state index contributed by atoms with van der Waals surface area (Å²) >= 11 is 0. The summed E-state index contributed by atoms with van der Waals surface area (Å²) in [5.74, 6) is 1.43. The molecule has 0 aliphatic rings. The first-order valence-electron chi connectivity index (χ1n) is 6.63. The molecule has 2 rings (SSSR count). The standard InChI is InChI=1S/C16H19N3/c1-12(2)8-9-19(3)16-14(11-17)10-13-6-4-5-7-15(13)18-16/h4-7,10,12H,8-9H2,1-3H3. The first kappa shape index (κ1) is 13.4. The number of hydrogen-bond acceptors (Lipinski definition) is 3. The van der Waals surface area contributed by atoms with Crippen LogP contribution in [0.1, 0.15) is 25.8 Å². The lowest BCUT2D eigenvalue weighted by Crippen LogP contribution is -2.22. The fourth-order valence-electron chi connectivity index (χ4n) is 2.04. The monoisotopic (exact) mass is 253 g/mol. The third-order valence-electron chi connectivity index (χ3n) is 3.23. The number of fused-ring (bicyclic) bond motifs is 1. The van der Waals surface area contributed by atoms with Crippen molar-refractivity contribution in [2.24, 2.45) is 5.92 Å². The summed E-state index contributed by atoms with van der Waals surface area (Å²) in [6, 6.07) is 12.1. The molecule has 0 atom stereocenters. The molecular formula is C16H19N3. The van der Waals surface area contributed by atoms with Crippen LogP contribution in [0.25, 0.3) is 10.9 Å². The molecule has 19 heavy (non-hydrogen) atoms. The highest BCUT2D eigenvalue weighted by molar-refractivity contribution is 5.82. The Morgan fingerprint density at radius 3 is 2.74 bits per heavy atom. The number of anilines is 1. The van der Waals surface area contributed by atoms with Gasteiger partial charge >= 0.3 is 0 Å². The molecule has 0 radical (unpaired) electrons. The van der Waals surface area contributed by atoms with E-state index in [-0.39, 0.29) is 0 Å². The third-order valence-corrected chi connectivity index (χ3v) is 3.23. The van der Waals surface area contributed by atoms with Gasteiger partial charge in [0.25, 0.3) is 0 Å². The van der Waals surface area contributed by atoms with Gasteiger partial charge in [0.1, 0.15) is 11.9 Å². The molecule has 0 amide bonds. The highest BCUT2D eigenvalue weighted by atomic mass is 15.2. The zero-order valence-corrected chi connectivity index (χ0v) is 11.7. The van der Waals surface area contributed by atoms with Gasteiger partial charge in [-0.3, -0.25) is 0 Å². The van der Waals surface area contributed by atoms with E-state index in [0.717, 1.165) is 29.7 Å². The zero-order valence-electron chi connectivity index (χ0n) is 11.7. The highest BCUT2D eigenvalue weighted by Crippen LogP contribution is 2.22. The molecule has 1 heterocycles. The van der Waals surface area contributed by atoms with E-state index in [4.69, 9.17) is 0 Å². The molecule has 3 heteroatoms. The number of nitriles is 1. The lowest BCUT2D eigenvalue weighted by molar-refractivity contribution is 0.584. The maximum absolute atomic E-state index is 9.29. The topological polar surface area (TPSA) is 39.9 Å². The number of para-hydroxylation sites is 1. The highest BCUT2D eigenvalue weighted by Gasteiger charge is 2.11. The molecule has 0 N–H and O–H groups in total. The van der Waals surface area contributed by atoms with Gasteiger partial charge < -0.3 is 4.90 Å². The zero-order chi connectivity index (χ0) is 13.8. The lowest BCUT2D eigenvalue weighted by Gasteiger charge is -2.20. The second-order valence-electron chi connectivity index (χ2n) is 5.27. The van der Waals surface area contributed by atoms with Crippen LogP contribution >= 0.6 is 0 Å². The predicted molar refractivity (Wildman–Crippen MR) is 79.2 cm³/mol. The normalized spacial score (nSPS) is 10.7. The lowest BCUT2D eigenvalue weighted by atomic mass is 10.1. The Morgan fingerprint density at radius 1 is 1.32 bits per heavy atom. The van der Waals surface area contributed by atoms with Gasteiger partial charge in [-0.05, 0) is 24.5 Å². The molecule has 0 spiro atoms. The van der Waals surface area contributed by atoms with E-state index in [1.54, 1.807) is 0 Å². The fraction of sp³-hybridized carbons (Fsp3) is 0.375. The summed E-state index contributed by atoms with van der Waals surface area (Å²) in [5.41, 5.74) is 1.58. The van der Waals surface area contributed by atoms with Gasteiger partial charge in [0, 0.05) is 19.0 Å². The molecule has 0 saturated carbocycles. The van der Waals surface area contributed by atoms with Crippen LogP contribution in [0.5, 0.6) is 0 Å². The molecule has 2 aromatic rings. The Balaban J connectivity index is 2.38. The molecule has 1 aromatic carbocycles. The van der Waals surface area contributed by atoms with Crippen molar-refractivity contribution in [3.8, 4) is 6.07 Å². The quantitative estimate of drug-likeness (QED) is 0.836. The predicted octanol–water partition coefficient (Wildman–Crippen LogP) is 3.59. The molecule has 0 aliphatic carbocycles. The Bertz CT molecular complexity index is 611. The van der Waals surface area contributed by atoms with Crippen LogP contribution in [0.2, 0.25) is 0 Å². The van der Waals surface area contributed by atoms with Gasteiger partial charge in [-0.25, -0.2) is 4.98 Å². The molecule has 0 aliphatic heterocycles. The van der Waals surface area contributed by atoms with Crippen LogP contribution < -0.4 is 4.90 Å². The Morgan fingerprint density at radius 2 is 2.05 bits per heavy atom. The fourth-order valence-corrected chi connectivity index (χ4v) is 2.04. The van der Waals surface area contributed by atoms with Gasteiger partial charge in [-0.15, -0.1) is 0 Å². The summed E-state index contributed by atoms with van der Waals surface area (Å²) in [7, 11) is 2.00. The van der Waals surface area contributed by atoms with Crippen molar-refractivity contribution in [1.29, 1.82) is 5.26 Å². The van der Waals surface area contributed by atoms with E-state index < -0.39 is 0 Å². The van der Waals surface area contributed by atoms with Crippen LogP contribution in [0.4, 0.5) is 5.82 Å². The van der Waals surface area contributed by atoms with Crippen molar-refractivity contribution < 1.29 is 0 Å². The number of aromatic nitrogens is 1. The average molecular weight is 253 g/mol. The number of pyridine rings is 1. The molecular weight excluding hydrogens is 234 g/mol. The minimum atomic E-state index is 0.643. The van der Waals surface area contributed by atoms with Crippen LogP contribution in [-0.2, 0) is 0 Å². The van der Waals surface area contributed by atoms with E-state index in [2.05, 4.69) is 29.8 Å². The van der Waals surface area contributed by atoms with E-state index in [1.165, 1.54) is 0 Å². The average Bonchev–Trinajstić information content (AvgIpc) is 2.43. The second kappa shape index (κ2) is 5.71. The first-order valence-corrected chi connectivity index (χ1v) is 6.63. The van der Waals surface area contributed by atoms with Crippen LogP contribution in [0.15, 0.2) is 30.3 Å². The van der Waals surface area contributed by atoms with Crippen molar-refractivity contribution in [2.45, 2.75) is 20.3 Å². The maximum atomic E-state index is 9.29.